The molecule has 1 saturated heterocycles. The normalized spacial score (nSPS) is 14.8. The fourth-order valence-corrected chi connectivity index (χ4v) is 4.84. The highest BCUT2D eigenvalue weighted by atomic mass is 16.5. The van der Waals surface area contributed by atoms with Crippen molar-refractivity contribution in [3.05, 3.63) is 82.8 Å². The fourth-order valence-electron chi connectivity index (χ4n) is 4.84. The number of nitrogens with one attached hydrogen (secondary N) is 2. The molecule has 0 amide bonds. The van der Waals surface area contributed by atoms with Gasteiger partial charge < -0.3 is 19.9 Å². The molecule has 7 nitrogen and oxygen atoms in total. The minimum Gasteiger partial charge on any atom is -0.496 e. The first kappa shape index (κ1) is 24.6. The van der Waals surface area contributed by atoms with Gasteiger partial charge in [0, 0.05) is 79.0 Å². The number of anilines is 2. The van der Waals surface area contributed by atoms with E-state index in [1.165, 1.54) is 5.56 Å². The Bertz CT molecular complexity index is 1470. The lowest BCUT2D eigenvalue weighted by Crippen LogP contribution is -2.43. The lowest BCUT2D eigenvalue weighted by molar-refractivity contribution is 0.148. The van der Waals surface area contributed by atoms with Crippen LogP contribution in [0.4, 0.5) is 11.4 Å². The highest BCUT2D eigenvalue weighted by Crippen LogP contribution is 2.32. The van der Waals surface area contributed by atoms with Crippen LogP contribution in [0.25, 0.3) is 23.1 Å². The molecule has 0 aliphatic carbocycles. The van der Waals surface area contributed by atoms with Crippen LogP contribution in [0.2, 0.25) is 0 Å². The van der Waals surface area contributed by atoms with Crippen LogP contribution in [0.15, 0.2) is 55.0 Å². The number of aromatic nitrogens is 2. The summed E-state index contributed by atoms with van der Waals surface area (Å²) < 4.78 is 5.65. The van der Waals surface area contributed by atoms with Crippen molar-refractivity contribution >= 4 is 34.4 Å². The zero-order chi connectivity index (χ0) is 25.8. The molecule has 2 aromatic carbocycles. The van der Waals surface area contributed by atoms with Crippen molar-refractivity contribution in [2.24, 2.45) is 0 Å². The van der Waals surface area contributed by atoms with Gasteiger partial charge in [-0.05, 0) is 55.4 Å². The van der Waals surface area contributed by atoms with Crippen LogP contribution < -0.4 is 10.1 Å². The standard InChI is InChI=1S/C30H32N6O/c1-21-26-10-11-33-28(26)8-7-27(21)34-30-24(18-32-19-25(30)17-31)6-5-23-16-22(4-9-29(23)37-3)20-36-14-12-35(2)13-15-36/h4-11,16,18-19,33H,12-15,20H2,1-3H3,(H,32,34)/b6-5+. The Morgan fingerprint density at radius 3 is 2.68 bits per heavy atom. The molecule has 1 aliphatic rings. The van der Waals surface area contributed by atoms with Crippen molar-refractivity contribution in [2.45, 2.75) is 13.5 Å². The summed E-state index contributed by atoms with van der Waals surface area (Å²) in [6.07, 6.45) is 9.36. The van der Waals surface area contributed by atoms with E-state index < -0.39 is 0 Å². The number of rotatable bonds is 7. The van der Waals surface area contributed by atoms with E-state index in [4.69, 9.17) is 4.74 Å². The molecule has 0 saturated carbocycles. The van der Waals surface area contributed by atoms with Gasteiger partial charge in [0.25, 0.3) is 0 Å². The number of piperazine rings is 1. The Labute approximate surface area is 218 Å². The Morgan fingerprint density at radius 1 is 1.08 bits per heavy atom. The molecule has 5 rings (SSSR count). The van der Waals surface area contributed by atoms with E-state index in [0.29, 0.717) is 5.56 Å². The SMILES string of the molecule is COc1ccc(CN2CCN(C)CC2)cc1/C=C/c1cncc(C#N)c1Nc1ccc2[nH]ccc2c1C. The number of methoxy groups -OCH3 is 1. The quantitative estimate of drug-likeness (QED) is 0.359. The second kappa shape index (κ2) is 10.9. The van der Waals surface area contributed by atoms with E-state index in [0.717, 1.165) is 77.4 Å². The molecule has 2 aromatic heterocycles. The molecule has 1 fully saturated rings. The molecule has 3 heterocycles. The predicted octanol–water partition coefficient (Wildman–Crippen LogP) is 5.41. The number of H-pyrrole nitrogens is 1. The lowest BCUT2D eigenvalue weighted by atomic mass is 10.0. The average molecular weight is 493 g/mol. The smallest absolute Gasteiger partial charge is 0.126 e. The summed E-state index contributed by atoms with van der Waals surface area (Å²) >= 11 is 0. The van der Waals surface area contributed by atoms with Crippen LogP contribution in [-0.2, 0) is 6.54 Å². The second-order valence-electron chi connectivity index (χ2n) is 9.55. The summed E-state index contributed by atoms with van der Waals surface area (Å²) in [4.78, 5) is 12.4. The molecule has 1 aliphatic heterocycles. The van der Waals surface area contributed by atoms with Gasteiger partial charge in [0.15, 0.2) is 0 Å². The molecular weight excluding hydrogens is 460 g/mol. The summed E-state index contributed by atoms with van der Waals surface area (Å²) in [6, 6.07) is 14.8. The summed E-state index contributed by atoms with van der Waals surface area (Å²) in [7, 11) is 3.87. The van der Waals surface area contributed by atoms with E-state index in [9.17, 15) is 5.26 Å². The molecule has 0 unspecified atom stereocenters. The van der Waals surface area contributed by atoms with Gasteiger partial charge in [-0.2, -0.15) is 5.26 Å². The van der Waals surface area contributed by atoms with Crippen molar-refractivity contribution in [2.75, 3.05) is 45.7 Å². The van der Waals surface area contributed by atoms with Crippen molar-refractivity contribution in [1.82, 2.24) is 19.8 Å². The number of hydrogen-bond acceptors (Lipinski definition) is 6. The number of ether oxygens (including phenoxy) is 1. The van der Waals surface area contributed by atoms with Gasteiger partial charge >= 0.3 is 0 Å². The maximum Gasteiger partial charge on any atom is 0.126 e. The summed E-state index contributed by atoms with van der Waals surface area (Å²) in [5.74, 6) is 0.811. The van der Waals surface area contributed by atoms with Gasteiger partial charge in [-0.15, -0.1) is 0 Å². The molecule has 0 atom stereocenters. The van der Waals surface area contributed by atoms with Crippen molar-refractivity contribution in [3.8, 4) is 11.8 Å². The topological polar surface area (TPSA) is 80.2 Å². The molecule has 0 bridgehead atoms. The van der Waals surface area contributed by atoms with Gasteiger partial charge in [-0.1, -0.05) is 18.2 Å². The highest BCUT2D eigenvalue weighted by molar-refractivity contribution is 5.90. The Morgan fingerprint density at radius 2 is 1.89 bits per heavy atom. The minimum absolute atomic E-state index is 0.492. The van der Waals surface area contributed by atoms with E-state index in [-0.39, 0.29) is 0 Å². The fraction of sp³-hybridized carbons (Fsp3) is 0.267. The van der Waals surface area contributed by atoms with Crippen LogP contribution in [0.3, 0.4) is 0 Å². The highest BCUT2D eigenvalue weighted by Gasteiger charge is 2.15. The number of nitriles is 1. The predicted molar refractivity (Wildman–Crippen MR) is 150 cm³/mol. The van der Waals surface area contributed by atoms with Crippen LogP contribution in [0, 0.1) is 18.3 Å². The first-order valence-electron chi connectivity index (χ1n) is 12.5. The molecule has 4 aromatic rings. The minimum atomic E-state index is 0.492. The summed E-state index contributed by atoms with van der Waals surface area (Å²) in [5, 5.41) is 14.5. The van der Waals surface area contributed by atoms with Crippen molar-refractivity contribution in [3.63, 3.8) is 0 Å². The zero-order valence-electron chi connectivity index (χ0n) is 21.6. The molecule has 7 heteroatoms. The number of benzene rings is 2. The number of nitrogens with zero attached hydrogens (tertiary/aromatic N) is 4. The number of hydrogen-bond donors (Lipinski definition) is 2. The Kier molecular flexibility index (Phi) is 7.22. The number of pyridine rings is 1. The first-order valence-corrected chi connectivity index (χ1v) is 12.5. The molecular formula is C30H32N6O. The molecule has 188 valence electrons. The van der Waals surface area contributed by atoms with Crippen LogP contribution in [0.1, 0.15) is 27.8 Å². The van der Waals surface area contributed by atoms with E-state index in [1.807, 2.05) is 36.5 Å². The molecule has 0 radical (unpaired) electrons. The number of likely N-dealkylation sites (N-methyl/N-ethyl adjacent to an activating group) is 1. The first-order chi connectivity index (χ1) is 18.1. The largest absolute Gasteiger partial charge is 0.496 e. The van der Waals surface area contributed by atoms with Crippen LogP contribution in [-0.4, -0.2) is 60.1 Å². The summed E-state index contributed by atoms with van der Waals surface area (Å²) in [5.41, 5.74) is 7.46. The number of aryl methyl sites for hydroxylation is 1. The maximum absolute atomic E-state index is 9.82. The van der Waals surface area contributed by atoms with Crippen molar-refractivity contribution < 1.29 is 4.74 Å². The van der Waals surface area contributed by atoms with Gasteiger partial charge in [-0.3, -0.25) is 9.88 Å². The molecule has 0 spiro atoms. The Balaban J connectivity index is 1.44. The maximum atomic E-state index is 9.82. The lowest BCUT2D eigenvalue weighted by Gasteiger charge is -2.32. The van der Waals surface area contributed by atoms with E-state index in [1.54, 1.807) is 19.5 Å². The van der Waals surface area contributed by atoms with Gasteiger partial charge in [0.05, 0.1) is 18.4 Å². The second-order valence-corrected chi connectivity index (χ2v) is 9.55. The van der Waals surface area contributed by atoms with Gasteiger partial charge in [0.1, 0.15) is 11.8 Å². The number of aromatic amines is 1. The van der Waals surface area contributed by atoms with Gasteiger partial charge in [-0.25, -0.2) is 0 Å². The van der Waals surface area contributed by atoms with E-state index in [2.05, 4.69) is 63.3 Å². The van der Waals surface area contributed by atoms with Crippen LogP contribution >= 0.6 is 0 Å². The Hall–Kier alpha value is -4.12. The third kappa shape index (κ3) is 5.36. The van der Waals surface area contributed by atoms with Crippen LogP contribution in [0.5, 0.6) is 5.75 Å². The van der Waals surface area contributed by atoms with Gasteiger partial charge in [0.2, 0.25) is 0 Å². The average Bonchev–Trinajstić information content (AvgIpc) is 3.41. The third-order valence-corrected chi connectivity index (χ3v) is 7.10. The summed E-state index contributed by atoms with van der Waals surface area (Å²) in [6.45, 7) is 7.33. The molecule has 2 N–H and O–H groups in total. The third-order valence-electron chi connectivity index (χ3n) is 7.10. The van der Waals surface area contributed by atoms with Crippen molar-refractivity contribution in [1.29, 1.82) is 5.26 Å². The van der Waals surface area contributed by atoms with E-state index >= 15 is 0 Å². The zero-order valence-corrected chi connectivity index (χ0v) is 21.6. The molecule has 37 heavy (non-hydrogen) atoms. The number of fused-ring (bicyclic) bond motifs is 1. The monoisotopic (exact) mass is 492 g/mol.